The smallest absolute Gasteiger partial charge is 0.465 e. The SMILES string of the molecule is CC.CC.CC.CC.CC.CC.C[C@@H](CO)CC(=O)c1ccccc1.C[C@@H]1COC(=O)C1.[Li+].[c-]1ccccc1. The van der Waals surface area contributed by atoms with E-state index in [0.29, 0.717) is 25.4 Å². The molecule has 1 heterocycles. The molecule has 1 aliphatic rings. The summed E-state index contributed by atoms with van der Waals surface area (Å²) in [6.07, 6.45) is 1.03. The number of benzene rings is 2. The first-order chi connectivity index (χ1) is 18.5. The predicted octanol–water partition coefficient (Wildman–Crippen LogP) is 7.11. The minimum absolute atomic E-state index is 0. The number of cyclic esters (lactones) is 1. The Morgan fingerprint density at radius 1 is 0.846 bits per heavy atom. The maximum Gasteiger partial charge on any atom is 1.00 e. The van der Waals surface area contributed by atoms with Crippen LogP contribution >= 0.6 is 0 Å². The Morgan fingerprint density at radius 2 is 1.26 bits per heavy atom. The van der Waals surface area contributed by atoms with Gasteiger partial charge in [0.05, 0.1) is 13.0 Å². The van der Waals surface area contributed by atoms with Crippen LogP contribution in [0.4, 0.5) is 0 Å². The molecule has 3 rings (SSSR count). The van der Waals surface area contributed by atoms with Crippen LogP contribution in [-0.2, 0) is 9.53 Å². The number of hydrogen-bond donors (Lipinski definition) is 1. The largest absolute Gasteiger partial charge is 1.00 e. The third kappa shape index (κ3) is 43.4. The molecular formula is C34H63LiO4. The molecule has 0 saturated carbocycles. The van der Waals surface area contributed by atoms with Crippen molar-refractivity contribution in [1.29, 1.82) is 0 Å². The number of Topliss-reactive ketones (excluding diaryl/α,β-unsaturated/α-hetero) is 1. The van der Waals surface area contributed by atoms with E-state index in [4.69, 9.17) is 5.11 Å². The van der Waals surface area contributed by atoms with E-state index in [2.05, 4.69) is 10.8 Å². The van der Waals surface area contributed by atoms with Gasteiger partial charge in [0.1, 0.15) is 0 Å². The second-order valence-corrected chi connectivity index (χ2v) is 6.35. The zero-order valence-corrected chi connectivity index (χ0v) is 28.4. The Hall–Kier alpha value is -1.86. The molecule has 0 unspecified atom stereocenters. The van der Waals surface area contributed by atoms with Gasteiger partial charge in [0.2, 0.25) is 0 Å². The molecule has 0 aliphatic carbocycles. The molecule has 2 atom stereocenters. The average molecular weight is 543 g/mol. The van der Waals surface area contributed by atoms with E-state index in [1.54, 1.807) is 12.1 Å². The molecule has 1 fully saturated rings. The number of aliphatic hydroxyl groups excluding tert-OH is 1. The predicted molar refractivity (Wildman–Crippen MR) is 170 cm³/mol. The Bertz CT molecular complexity index is 607. The van der Waals surface area contributed by atoms with Crippen molar-refractivity contribution in [2.24, 2.45) is 11.8 Å². The van der Waals surface area contributed by atoms with Crippen molar-refractivity contribution in [2.75, 3.05) is 13.2 Å². The standard InChI is InChI=1S/C11H14O2.C6H5.C5H8O2.6C2H6.Li/c1-9(8-12)7-11(13)10-5-3-2-4-6-10;1-2-4-6-5-3-1;1-4-2-5(6)7-3-4;6*1-2;/h2-6,9,12H,7-8H2,1H3;1-5H;4H,2-3H2,1H3;6*1-2H3;/q;-1;;;;;;;;+1/t9-;;4-;;;;;;;/m1.0......./s1. The summed E-state index contributed by atoms with van der Waals surface area (Å²) in [5.74, 6) is 0.551. The van der Waals surface area contributed by atoms with Crippen LogP contribution in [0.25, 0.3) is 0 Å². The molecule has 0 radical (unpaired) electrons. The molecule has 1 N–H and O–H groups in total. The summed E-state index contributed by atoms with van der Waals surface area (Å²) in [7, 11) is 0. The number of ether oxygens (including phenoxy) is 1. The van der Waals surface area contributed by atoms with Crippen molar-refractivity contribution in [3.63, 3.8) is 0 Å². The van der Waals surface area contributed by atoms with Gasteiger partial charge >= 0.3 is 24.8 Å². The number of aliphatic hydroxyl groups is 1. The molecule has 1 aliphatic heterocycles. The van der Waals surface area contributed by atoms with E-state index in [9.17, 15) is 9.59 Å². The summed E-state index contributed by atoms with van der Waals surface area (Å²) in [5, 5.41) is 8.78. The second-order valence-electron chi connectivity index (χ2n) is 6.35. The molecule has 224 valence electrons. The first-order valence-corrected chi connectivity index (χ1v) is 14.8. The van der Waals surface area contributed by atoms with E-state index in [1.165, 1.54) is 0 Å². The zero-order chi connectivity index (χ0) is 31.2. The van der Waals surface area contributed by atoms with Crippen molar-refractivity contribution < 1.29 is 38.3 Å². The van der Waals surface area contributed by atoms with Crippen molar-refractivity contribution in [1.82, 2.24) is 0 Å². The Kier molecular flexibility index (Phi) is 72.0. The van der Waals surface area contributed by atoms with Gasteiger partial charge in [-0.05, 0) is 5.92 Å². The maximum atomic E-state index is 11.5. The van der Waals surface area contributed by atoms with Crippen LogP contribution in [0.15, 0.2) is 60.7 Å². The molecule has 0 spiro atoms. The molecule has 2 aromatic rings. The van der Waals surface area contributed by atoms with Gasteiger partial charge in [-0.3, -0.25) is 9.59 Å². The second kappa shape index (κ2) is 52.6. The number of ketones is 1. The quantitative estimate of drug-likeness (QED) is 0.194. The first kappa shape index (κ1) is 53.4. The van der Waals surface area contributed by atoms with Gasteiger partial charge < -0.3 is 9.84 Å². The van der Waals surface area contributed by atoms with Crippen LogP contribution in [0.1, 0.15) is 120 Å². The van der Waals surface area contributed by atoms with Gasteiger partial charge in [0, 0.05) is 24.5 Å². The molecule has 0 amide bonds. The fourth-order valence-electron chi connectivity index (χ4n) is 2.10. The monoisotopic (exact) mass is 542 g/mol. The first-order valence-electron chi connectivity index (χ1n) is 14.8. The van der Waals surface area contributed by atoms with Crippen LogP contribution in [0.5, 0.6) is 0 Å². The average Bonchev–Trinajstić information content (AvgIpc) is 3.43. The van der Waals surface area contributed by atoms with Crippen molar-refractivity contribution in [3.8, 4) is 0 Å². The van der Waals surface area contributed by atoms with Crippen molar-refractivity contribution >= 4 is 11.8 Å². The van der Waals surface area contributed by atoms with Crippen molar-refractivity contribution in [3.05, 3.63) is 72.3 Å². The van der Waals surface area contributed by atoms with Gasteiger partial charge in [-0.15, -0.1) is 0 Å². The Morgan fingerprint density at radius 3 is 1.49 bits per heavy atom. The Balaban J connectivity index is -0.0000000680. The summed E-state index contributed by atoms with van der Waals surface area (Å²) in [4.78, 5) is 21.7. The molecule has 1 saturated heterocycles. The fraction of sp³-hybridized carbons (Fsp3) is 0.588. The van der Waals surface area contributed by atoms with Gasteiger partial charge in [-0.25, -0.2) is 0 Å². The van der Waals surface area contributed by atoms with Crippen LogP contribution in [0, 0.1) is 17.9 Å². The van der Waals surface area contributed by atoms with Crippen molar-refractivity contribution in [2.45, 2.75) is 110 Å². The van der Waals surface area contributed by atoms with E-state index in [0.717, 1.165) is 5.56 Å². The third-order valence-corrected chi connectivity index (χ3v) is 3.59. The summed E-state index contributed by atoms with van der Waals surface area (Å²) in [5.41, 5.74) is 0.725. The summed E-state index contributed by atoms with van der Waals surface area (Å²) >= 11 is 0. The minimum atomic E-state index is -0.0486. The van der Waals surface area contributed by atoms with E-state index in [1.807, 2.05) is 145 Å². The number of carbonyl (C=O) groups excluding carboxylic acids is 2. The van der Waals surface area contributed by atoms with E-state index in [-0.39, 0.29) is 43.1 Å². The van der Waals surface area contributed by atoms with Gasteiger partial charge in [0.15, 0.2) is 5.78 Å². The van der Waals surface area contributed by atoms with Gasteiger partial charge in [-0.1, -0.05) is 127 Å². The molecule has 0 bridgehead atoms. The summed E-state index contributed by atoms with van der Waals surface area (Å²) in [6, 6.07) is 21.7. The summed E-state index contributed by atoms with van der Waals surface area (Å²) in [6.45, 7) is 28.6. The normalized spacial score (nSPS) is 11.8. The Labute approximate surface area is 256 Å². The number of carbonyl (C=O) groups is 2. The minimum Gasteiger partial charge on any atom is -0.465 e. The van der Waals surface area contributed by atoms with Crippen LogP contribution in [0.2, 0.25) is 0 Å². The van der Waals surface area contributed by atoms with Crippen LogP contribution < -0.4 is 18.9 Å². The summed E-state index contributed by atoms with van der Waals surface area (Å²) < 4.78 is 4.63. The molecule has 2 aromatic carbocycles. The zero-order valence-electron chi connectivity index (χ0n) is 28.4. The number of rotatable bonds is 4. The molecular weight excluding hydrogens is 479 g/mol. The number of hydrogen-bond acceptors (Lipinski definition) is 4. The third-order valence-electron chi connectivity index (χ3n) is 3.59. The van der Waals surface area contributed by atoms with E-state index < -0.39 is 0 Å². The molecule has 39 heavy (non-hydrogen) atoms. The topological polar surface area (TPSA) is 63.6 Å². The van der Waals surface area contributed by atoms with E-state index >= 15 is 0 Å². The van der Waals surface area contributed by atoms with Gasteiger partial charge in [0.25, 0.3) is 0 Å². The maximum absolute atomic E-state index is 11.5. The van der Waals surface area contributed by atoms with Crippen LogP contribution in [-0.4, -0.2) is 30.1 Å². The molecule has 4 nitrogen and oxygen atoms in total. The molecule has 0 aromatic heterocycles. The fourth-order valence-corrected chi connectivity index (χ4v) is 2.10. The van der Waals surface area contributed by atoms with Gasteiger partial charge in [-0.2, -0.15) is 36.4 Å². The van der Waals surface area contributed by atoms with Crippen LogP contribution in [0.3, 0.4) is 0 Å². The number of esters is 1. The molecule has 5 heteroatoms.